The summed E-state index contributed by atoms with van der Waals surface area (Å²) in [6.45, 7) is -1.98. The predicted molar refractivity (Wildman–Crippen MR) is 91.0 cm³/mol. The summed E-state index contributed by atoms with van der Waals surface area (Å²) >= 11 is 1.69. The molecule has 0 bridgehead atoms. The SMILES string of the molecule is COc1ccc(CN=C(N)NCCc2cccs2)cc1OC(F)F. The highest BCUT2D eigenvalue weighted by Gasteiger charge is 2.11. The average molecular weight is 355 g/mol. The predicted octanol–water partition coefficient (Wildman–Crippen LogP) is 3.01. The molecular weight excluding hydrogens is 336 g/mol. The molecule has 0 amide bonds. The lowest BCUT2D eigenvalue weighted by atomic mass is 10.2. The topological polar surface area (TPSA) is 68.9 Å². The van der Waals surface area contributed by atoms with Gasteiger partial charge in [-0.3, -0.25) is 0 Å². The molecule has 0 atom stereocenters. The molecule has 0 aliphatic carbocycles. The van der Waals surface area contributed by atoms with Gasteiger partial charge in [-0.25, -0.2) is 4.99 Å². The summed E-state index contributed by atoms with van der Waals surface area (Å²) in [6, 6.07) is 8.80. The van der Waals surface area contributed by atoms with Crippen molar-refractivity contribution >= 4 is 17.3 Å². The number of ether oxygens (including phenoxy) is 2. The molecule has 1 aromatic carbocycles. The zero-order valence-corrected chi connectivity index (χ0v) is 14.0. The molecule has 0 saturated carbocycles. The largest absolute Gasteiger partial charge is 0.493 e. The molecular formula is C16H19F2N3O2S. The molecule has 1 aromatic heterocycles. The Labute approximate surface area is 143 Å². The van der Waals surface area contributed by atoms with Gasteiger partial charge in [-0.15, -0.1) is 11.3 Å². The van der Waals surface area contributed by atoms with Crippen molar-refractivity contribution in [2.24, 2.45) is 10.7 Å². The van der Waals surface area contributed by atoms with E-state index in [0.29, 0.717) is 18.1 Å². The van der Waals surface area contributed by atoms with Gasteiger partial charge in [0.2, 0.25) is 0 Å². The third-order valence-corrected chi connectivity index (χ3v) is 4.07. The lowest BCUT2D eigenvalue weighted by Crippen LogP contribution is -2.33. The molecule has 5 nitrogen and oxygen atoms in total. The van der Waals surface area contributed by atoms with Gasteiger partial charge in [-0.1, -0.05) is 12.1 Å². The number of nitrogens with one attached hydrogen (secondary N) is 1. The second-order valence-corrected chi connectivity index (χ2v) is 5.85. The standard InChI is InChI=1S/C16H19F2N3O2S/c1-22-13-5-4-11(9-14(13)23-15(17)18)10-21-16(19)20-7-6-12-3-2-8-24-12/h2-5,8-9,15H,6-7,10H2,1H3,(H3,19,20,21). The lowest BCUT2D eigenvalue weighted by molar-refractivity contribution is -0.0512. The quantitative estimate of drug-likeness (QED) is 0.564. The summed E-state index contributed by atoms with van der Waals surface area (Å²) in [7, 11) is 1.39. The van der Waals surface area contributed by atoms with E-state index in [2.05, 4.69) is 21.1 Å². The number of nitrogens with zero attached hydrogens (tertiary/aromatic N) is 1. The molecule has 24 heavy (non-hydrogen) atoms. The van der Waals surface area contributed by atoms with E-state index in [-0.39, 0.29) is 18.0 Å². The minimum atomic E-state index is -2.92. The normalized spacial score (nSPS) is 11.6. The van der Waals surface area contributed by atoms with Crippen molar-refractivity contribution < 1.29 is 18.3 Å². The number of rotatable bonds is 8. The zero-order chi connectivity index (χ0) is 17.4. The van der Waals surface area contributed by atoms with Gasteiger partial charge in [0.15, 0.2) is 17.5 Å². The Morgan fingerprint density at radius 3 is 2.83 bits per heavy atom. The number of halogens is 2. The van der Waals surface area contributed by atoms with Crippen molar-refractivity contribution in [1.29, 1.82) is 0 Å². The molecule has 2 aromatic rings. The molecule has 2 rings (SSSR count). The summed E-state index contributed by atoms with van der Waals surface area (Å²) in [5, 5.41) is 5.04. The van der Waals surface area contributed by atoms with Gasteiger partial charge in [-0.05, 0) is 35.6 Å². The highest BCUT2D eigenvalue weighted by Crippen LogP contribution is 2.29. The van der Waals surface area contributed by atoms with Crippen molar-refractivity contribution in [3.8, 4) is 11.5 Å². The number of hydrogen-bond acceptors (Lipinski definition) is 4. The fourth-order valence-electron chi connectivity index (χ4n) is 2.01. The highest BCUT2D eigenvalue weighted by molar-refractivity contribution is 7.09. The van der Waals surface area contributed by atoms with Gasteiger partial charge in [0, 0.05) is 11.4 Å². The second-order valence-electron chi connectivity index (χ2n) is 4.82. The minimum absolute atomic E-state index is 0.0237. The summed E-state index contributed by atoms with van der Waals surface area (Å²) in [5.74, 6) is 0.521. The van der Waals surface area contributed by atoms with E-state index in [9.17, 15) is 8.78 Å². The molecule has 0 saturated heterocycles. The summed E-state index contributed by atoms with van der Waals surface area (Å²) < 4.78 is 34.2. The van der Waals surface area contributed by atoms with Crippen molar-refractivity contribution in [2.45, 2.75) is 19.6 Å². The number of nitrogens with two attached hydrogens (primary N) is 1. The molecule has 1 heterocycles. The third-order valence-electron chi connectivity index (χ3n) is 3.13. The first kappa shape index (κ1) is 18.0. The van der Waals surface area contributed by atoms with Crippen molar-refractivity contribution in [1.82, 2.24) is 5.32 Å². The number of alkyl halides is 2. The second kappa shape index (κ2) is 9.07. The number of aliphatic imine (C=N–C) groups is 1. The van der Waals surface area contributed by atoms with Crippen LogP contribution in [0.3, 0.4) is 0 Å². The van der Waals surface area contributed by atoms with Crippen molar-refractivity contribution in [3.05, 3.63) is 46.2 Å². The van der Waals surface area contributed by atoms with Crippen LogP contribution in [-0.2, 0) is 13.0 Å². The molecule has 0 radical (unpaired) electrons. The van der Waals surface area contributed by atoms with E-state index < -0.39 is 6.61 Å². The van der Waals surface area contributed by atoms with Crippen LogP contribution in [0.4, 0.5) is 8.78 Å². The lowest BCUT2D eigenvalue weighted by Gasteiger charge is -2.11. The van der Waals surface area contributed by atoms with E-state index in [0.717, 1.165) is 6.42 Å². The van der Waals surface area contributed by atoms with E-state index in [1.807, 2.05) is 11.4 Å². The minimum Gasteiger partial charge on any atom is -0.493 e. The monoisotopic (exact) mass is 355 g/mol. The maximum atomic E-state index is 12.4. The Morgan fingerprint density at radius 1 is 1.33 bits per heavy atom. The third kappa shape index (κ3) is 5.69. The van der Waals surface area contributed by atoms with Crippen LogP contribution in [0.1, 0.15) is 10.4 Å². The first-order chi connectivity index (χ1) is 11.6. The Hall–Kier alpha value is -2.35. The average Bonchev–Trinajstić information content (AvgIpc) is 3.06. The Morgan fingerprint density at radius 2 is 2.17 bits per heavy atom. The molecule has 0 unspecified atom stereocenters. The Kier molecular flexibility index (Phi) is 6.80. The van der Waals surface area contributed by atoms with Crippen LogP contribution in [0.15, 0.2) is 40.7 Å². The van der Waals surface area contributed by atoms with Crippen LogP contribution in [0.25, 0.3) is 0 Å². The Balaban J connectivity index is 1.89. The van der Waals surface area contributed by atoms with Crippen LogP contribution in [0.5, 0.6) is 11.5 Å². The first-order valence-corrected chi connectivity index (χ1v) is 8.14. The van der Waals surface area contributed by atoms with Crippen LogP contribution < -0.4 is 20.5 Å². The van der Waals surface area contributed by atoms with Gasteiger partial charge < -0.3 is 20.5 Å². The number of methoxy groups -OCH3 is 1. The van der Waals surface area contributed by atoms with Crippen molar-refractivity contribution in [2.75, 3.05) is 13.7 Å². The molecule has 0 aliphatic heterocycles. The Bertz CT molecular complexity index is 663. The van der Waals surface area contributed by atoms with Crippen LogP contribution in [-0.4, -0.2) is 26.2 Å². The van der Waals surface area contributed by atoms with Gasteiger partial charge in [0.1, 0.15) is 0 Å². The fraction of sp³-hybridized carbons (Fsp3) is 0.312. The maximum Gasteiger partial charge on any atom is 0.387 e. The summed E-state index contributed by atoms with van der Waals surface area (Å²) in [4.78, 5) is 5.46. The summed E-state index contributed by atoms with van der Waals surface area (Å²) in [6.07, 6.45) is 0.864. The van der Waals surface area contributed by atoms with Gasteiger partial charge in [-0.2, -0.15) is 8.78 Å². The molecule has 0 fully saturated rings. The van der Waals surface area contributed by atoms with E-state index >= 15 is 0 Å². The number of thiophene rings is 1. The zero-order valence-electron chi connectivity index (χ0n) is 13.2. The summed E-state index contributed by atoms with van der Waals surface area (Å²) in [5.41, 5.74) is 6.49. The maximum absolute atomic E-state index is 12.4. The van der Waals surface area contributed by atoms with E-state index in [1.54, 1.807) is 23.5 Å². The smallest absolute Gasteiger partial charge is 0.387 e. The van der Waals surface area contributed by atoms with Gasteiger partial charge in [0.25, 0.3) is 0 Å². The van der Waals surface area contributed by atoms with Crippen LogP contribution in [0, 0.1) is 0 Å². The molecule has 0 spiro atoms. The van der Waals surface area contributed by atoms with E-state index in [1.165, 1.54) is 18.1 Å². The molecule has 0 aliphatic rings. The molecule has 3 N–H and O–H groups in total. The molecule has 8 heteroatoms. The van der Waals surface area contributed by atoms with Gasteiger partial charge >= 0.3 is 6.61 Å². The van der Waals surface area contributed by atoms with Crippen LogP contribution >= 0.6 is 11.3 Å². The number of guanidine groups is 1. The van der Waals surface area contributed by atoms with E-state index in [4.69, 9.17) is 10.5 Å². The van der Waals surface area contributed by atoms with Crippen molar-refractivity contribution in [3.63, 3.8) is 0 Å². The fourth-order valence-corrected chi connectivity index (χ4v) is 2.72. The number of benzene rings is 1. The van der Waals surface area contributed by atoms with Crippen LogP contribution in [0.2, 0.25) is 0 Å². The van der Waals surface area contributed by atoms with Gasteiger partial charge in [0.05, 0.1) is 13.7 Å². The number of hydrogen-bond donors (Lipinski definition) is 2. The first-order valence-electron chi connectivity index (χ1n) is 7.26. The highest BCUT2D eigenvalue weighted by atomic mass is 32.1. The molecule has 130 valence electrons.